The molecule has 0 aromatic carbocycles. The van der Waals surface area contributed by atoms with Gasteiger partial charge >= 0.3 is 0 Å². The molecule has 0 saturated heterocycles. The van der Waals surface area contributed by atoms with E-state index in [2.05, 4.69) is 32.4 Å². The molecule has 1 amide bonds. The molecule has 0 saturated carbocycles. The minimum absolute atomic E-state index is 0.121. The summed E-state index contributed by atoms with van der Waals surface area (Å²) in [6.07, 6.45) is 3.34. The predicted molar refractivity (Wildman–Crippen MR) is 81.7 cm³/mol. The highest BCUT2D eigenvalue weighted by Crippen LogP contribution is 2.18. The van der Waals surface area contributed by atoms with Gasteiger partial charge in [0.15, 0.2) is 11.5 Å². The van der Waals surface area contributed by atoms with Crippen LogP contribution in [0.5, 0.6) is 0 Å². The average molecular weight is 308 g/mol. The molecule has 7 heteroatoms. The fraction of sp³-hybridized carbons (Fsp3) is 0.429. The zero-order valence-corrected chi connectivity index (χ0v) is 13.0. The van der Waals surface area contributed by atoms with E-state index >= 15 is 0 Å². The number of anilines is 1. The van der Waals surface area contributed by atoms with Crippen molar-refractivity contribution in [2.45, 2.75) is 39.5 Å². The van der Waals surface area contributed by atoms with Crippen molar-refractivity contribution in [3.63, 3.8) is 0 Å². The van der Waals surface area contributed by atoms with Crippen LogP contribution in [0.3, 0.4) is 0 Å². The van der Waals surface area contributed by atoms with Crippen LogP contribution in [0.4, 0.5) is 5.82 Å². The van der Waals surface area contributed by atoms with Gasteiger partial charge in [-0.3, -0.25) is 9.89 Å². The maximum absolute atomic E-state index is 12.2. The minimum atomic E-state index is -0.390. The van der Waals surface area contributed by atoms with Gasteiger partial charge in [-0.05, 0) is 6.42 Å². The fourth-order valence-corrected chi connectivity index (χ4v) is 1.99. The van der Waals surface area contributed by atoms with Crippen LogP contribution in [-0.2, 0) is 6.42 Å². The molecule has 0 unspecified atom stereocenters. The molecule has 2 heterocycles. The van der Waals surface area contributed by atoms with Crippen LogP contribution in [-0.4, -0.2) is 26.1 Å². The highest BCUT2D eigenvalue weighted by molar-refractivity contribution is 6.33. The quantitative estimate of drug-likeness (QED) is 0.888. The molecule has 0 spiro atoms. The van der Waals surface area contributed by atoms with E-state index in [0.29, 0.717) is 11.6 Å². The number of aryl methyl sites for hydroxylation is 1. The van der Waals surface area contributed by atoms with E-state index in [-0.39, 0.29) is 22.5 Å². The molecule has 112 valence electrons. The number of amides is 1. The lowest BCUT2D eigenvalue weighted by Gasteiger charge is -2.07. The summed E-state index contributed by atoms with van der Waals surface area (Å²) in [7, 11) is 0. The van der Waals surface area contributed by atoms with Crippen molar-refractivity contribution in [1.29, 1.82) is 0 Å². The number of hydrogen-bond donors (Lipinski definition) is 2. The first-order valence-electron chi connectivity index (χ1n) is 6.89. The number of carbonyl (C=O) groups is 1. The molecular weight excluding hydrogens is 290 g/mol. The van der Waals surface area contributed by atoms with Crippen molar-refractivity contribution in [3.05, 3.63) is 34.5 Å². The van der Waals surface area contributed by atoms with Crippen molar-refractivity contribution in [2.75, 3.05) is 5.32 Å². The first kappa shape index (κ1) is 15.4. The van der Waals surface area contributed by atoms with Crippen molar-refractivity contribution in [3.8, 4) is 0 Å². The molecule has 2 rings (SSSR count). The number of nitrogens with zero attached hydrogens (tertiary/aromatic N) is 3. The zero-order chi connectivity index (χ0) is 15.4. The van der Waals surface area contributed by atoms with Gasteiger partial charge in [0.1, 0.15) is 5.82 Å². The van der Waals surface area contributed by atoms with Gasteiger partial charge in [-0.15, -0.1) is 0 Å². The average Bonchev–Trinajstić information content (AvgIpc) is 2.86. The Hall–Kier alpha value is -1.95. The monoisotopic (exact) mass is 307 g/mol. The smallest absolute Gasteiger partial charge is 0.277 e. The van der Waals surface area contributed by atoms with E-state index in [4.69, 9.17) is 11.6 Å². The summed E-state index contributed by atoms with van der Waals surface area (Å²) in [4.78, 5) is 20.6. The van der Waals surface area contributed by atoms with Gasteiger partial charge < -0.3 is 5.32 Å². The number of aromatic nitrogens is 4. The Morgan fingerprint density at radius 2 is 2.24 bits per heavy atom. The Labute approximate surface area is 128 Å². The van der Waals surface area contributed by atoms with Gasteiger partial charge in [-0.2, -0.15) is 5.10 Å². The summed E-state index contributed by atoms with van der Waals surface area (Å²) in [5, 5.41) is 9.83. The Balaban J connectivity index is 2.17. The maximum Gasteiger partial charge on any atom is 0.277 e. The molecule has 0 aliphatic carbocycles. The molecule has 21 heavy (non-hydrogen) atoms. The van der Waals surface area contributed by atoms with Crippen LogP contribution in [0.25, 0.3) is 0 Å². The zero-order valence-electron chi connectivity index (χ0n) is 12.3. The van der Waals surface area contributed by atoms with Crippen molar-refractivity contribution in [2.24, 2.45) is 0 Å². The number of rotatable bonds is 5. The molecule has 0 aliphatic heterocycles. The minimum Gasteiger partial charge on any atom is -0.304 e. The van der Waals surface area contributed by atoms with Crippen LogP contribution in [0.1, 0.15) is 55.1 Å². The molecule has 2 aromatic rings. The third-order valence-electron chi connectivity index (χ3n) is 2.89. The van der Waals surface area contributed by atoms with Gasteiger partial charge in [0.2, 0.25) is 0 Å². The van der Waals surface area contributed by atoms with Crippen molar-refractivity contribution >= 4 is 23.3 Å². The Morgan fingerprint density at radius 1 is 1.48 bits per heavy atom. The van der Waals surface area contributed by atoms with Gasteiger partial charge in [0, 0.05) is 17.7 Å². The molecule has 0 radical (unpaired) electrons. The summed E-state index contributed by atoms with van der Waals surface area (Å²) in [5.41, 5.74) is 1.14. The molecule has 0 atom stereocenters. The van der Waals surface area contributed by atoms with Crippen molar-refractivity contribution < 1.29 is 4.79 Å². The van der Waals surface area contributed by atoms with Crippen molar-refractivity contribution in [1.82, 2.24) is 20.2 Å². The third-order valence-corrected chi connectivity index (χ3v) is 3.16. The summed E-state index contributed by atoms with van der Waals surface area (Å²) in [6, 6.07) is 1.81. The highest BCUT2D eigenvalue weighted by atomic mass is 35.5. The maximum atomic E-state index is 12.2. The van der Waals surface area contributed by atoms with E-state index < -0.39 is 0 Å². The van der Waals surface area contributed by atoms with Gasteiger partial charge in [-0.1, -0.05) is 38.8 Å². The van der Waals surface area contributed by atoms with E-state index in [0.717, 1.165) is 18.5 Å². The first-order valence-corrected chi connectivity index (χ1v) is 7.27. The Bertz CT molecular complexity index is 638. The highest BCUT2D eigenvalue weighted by Gasteiger charge is 2.16. The second kappa shape index (κ2) is 6.67. The van der Waals surface area contributed by atoms with Crippen LogP contribution in [0, 0.1) is 0 Å². The summed E-state index contributed by atoms with van der Waals surface area (Å²) < 4.78 is 0. The molecule has 0 aliphatic rings. The number of hydrogen-bond acceptors (Lipinski definition) is 4. The lowest BCUT2D eigenvalue weighted by molar-refractivity contribution is 0.102. The van der Waals surface area contributed by atoms with Crippen LogP contribution in [0.15, 0.2) is 12.3 Å². The van der Waals surface area contributed by atoms with E-state index in [1.54, 1.807) is 6.07 Å². The fourth-order valence-electron chi connectivity index (χ4n) is 1.82. The Kier molecular flexibility index (Phi) is 4.90. The first-order chi connectivity index (χ1) is 10.0. The van der Waals surface area contributed by atoms with Crippen LogP contribution in [0.2, 0.25) is 5.02 Å². The number of halogens is 1. The largest absolute Gasteiger partial charge is 0.304 e. The SMILES string of the molecule is CCCc1cc(NC(=O)c2nc(C(C)C)ncc2Cl)n[nH]1. The molecular formula is C14H18ClN5O. The normalized spacial score (nSPS) is 10.9. The standard InChI is InChI=1S/C14H18ClN5O/c1-4-5-9-6-11(20-19-9)17-14(21)12-10(15)7-16-13(18-12)8(2)3/h6-8H,4-5H2,1-3H3,(H2,17,19,20,21). The predicted octanol–water partition coefficient (Wildman–Crippen LogP) is 3.18. The van der Waals surface area contributed by atoms with Gasteiger partial charge in [0.25, 0.3) is 5.91 Å². The second-order valence-corrected chi connectivity index (χ2v) is 5.47. The topological polar surface area (TPSA) is 83.6 Å². The Morgan fingerprint density at radius 3 is 2.90 bits per heavy atom. The summed E-state index contributed by atoms with van der Waals surface area (Å²) in [6.45, 7) is 5.98. The summed E-state index contributed by atoms with van der Waals surface area (Å²) >= 11 is 6.00. The van der Waals surface area contributed by atoms with Gasteiger partial charge in [0.05, 0.1) is 11.2 Å². The number of aromatic amines is 1. The van der Waals surface area contributed by atoms with E-state index in [9.17, 15) is 4.79 Å². The van der Waals surface area contributed by atoms with E-state index in [1.807, 2.05) is 13.8 Å². The van der Waals surface area contributed by atoms with Gasteiger partial charge in [-0.25, -0.2) is 9.97 Å². The molecule has 6 nitrogen and oxygen atoms in total. The summed E-state index contributed by atoms with van der Waals surface area (Å²) in [5.74, 6) is 0.775. The molecule has 2 aromatic heterocycles. The third kappa shape index (κ3) is 3.78. The number of carbonyl (C=O) groups excluding carboxylic acids is 1. The molecule has 0 bridgehead atoms. The second-order valence-electron chi connectivity index (χ2n) is 5.06. The molecule has 2 N–H and O–H groups in total. The molecule has 0 fully saturated rings. The number of nitrogens with one attached hydrogen (secondary N) is 2. The van der Waals surface area contributed by atoms with Crippen LogP contribution >= 0.6 is 11.6 Å². The van der Waals surface area contributed by atoms with Crippen LogP contribution < -0.4 is 5.32 Å². The lowest BCUT2D eigenvalue weighted by atomic mass is 10.2. The number of H-pyrrole nitrogens is 1. The van der Waals surface area contributed by atoms with E-state index in [1.165, 1.54) is 6.20 Å². The lowest BCUT2D eigenvalue weighted by Crippen LogP contribution is -2.16.